The lowest BCUT2D eigenvalue weighted by molar-refractivity contribution is -0.137. The van der Waals surface area contributed by atoms with Gasteiger partial charge in [0.15, 0.2) is 5.15 Å². The van der Waals surface area contributed by atoms with Crippen LogP contribution in [0.2, 0.25) is 5.15 Å². The molecule has 0 saturated carbocycles. The van der Waals surface area contributed by atoms with Gasteiger partial charge in [-0.25, -0.2) is 0 Å². The number of alkyl halides is 5. The van der Waals surface area contributed by atoms with Crippen LogP contribution in [0.4, 0.5) is 22.0 Å². The van der Waals surface area contributed by atoms with Crippen LogP contribution in [-0.4, -0.2) is 22.6 Å². The number of amides is 1. The number of ether oxygens (including phenoxy) is 1. The second-order valence-electron chi connectivity index (χ2n) is 7.32. The molecule has 0 aliphatic carbocycles. The third kappa shape index (κ3) is 5.93. The molecule has 34 heavy (non-hydrogen) atoms. The number of hydrogen-bond donors (Lipinski definition) is 1. The molecule has 0 spiro atoms. The highest BCUT2D eigenvalue weighted by Gasteiger charge is 2.35. The van der Waals surface area contributed by atoms with Gasteiger partial charge in [0, 0.05) is 5.56 Å². The minimum Gasteiger partial charge on any atom is -0.437 e. The Bertz CT molecular complexity index is 1240. The number of aromatic nitrogens is 2. The number of aryl methyl sites for hydroxylation is 2. The Hall–Kier alpha value is -2.54. The van der Waals surface area contributed by atoms with Crippen molar-refractivity contribution in [2.45, 2.75) is 25.9 Å². The summed E-state index contributed by atoms with van der Waals surface area (Å²) in [6.07, 6.45) is -4.63. The van der Waals surface area contributed by atoms with E-state index < -0.39 is 36.0 Å². The van der Waals surface area contributed by atoms with E-state index in [2.05, 4.69) is 15.5 Å². The van der Waals surface area contributed by atoms with Crippen LogP contribution in [0.5, 0.6) is 11.6 Å². The van der Waals surface area contributed by atoms with Gasteiger partial charge in [-0.15, -0.1) is 10.2 Å². The molecule has 3 rings (SSSR count). The maximum Gasteiger partial charge on any atom is 0.416 e. The van der Waals surface area contributed by atoms with E-state index in [1.165, 1.54) is 25.1 Å². The Morgan fingerprint density at radius 1 is 1.09 bits per heavy atom. The highest BCUT2D eigenvalue weighted by atomic mass is 127. The summed E-state index contributed by atoms with van der Waals surface area (Å²) < 4.78 is 74.0. The van der Waals surface area contributed by atoms with E-state index in [4.69, 9.17) is 16.3 Å². The van der Waals surface area contributed by atoms with Crippen LogP contribution in [0.25, 0.3) is 0 Å². The van der Waals surface area contributed by atoms with Crippen molar-refractivity contribution in [2.75, 3.05) is 6.54 Å². The normalized spacial score (nSPS) is 11.9. The summed E-state index contributed by atoms with van der Waals surface area (Å²) in [6.45, 7) is 2.26. The molecule has 0 aliphatic rings. The molecule has 1 heterocycles. The zero-order valence-electron chi connectivity index (χ0n) is 17.6. The molecule has 0 aliphatic heterocycles. The van der Waals surface area contributed by atoms with E-state index in [-0.39, 0.29) is 25.6 Å². The average Bonchev–Trinajstić information content (AvgIpc) is 2.74. The van der Waals surface area contributed by atoms with Crippen molar-refractivity contribution in [1.82, 2.24) is 15.5 Å². The Morgan fingerprint density at radius 2 is 1.79 bits per heavy atom. The van der Waals surface area contributed by atoms with Gasteiger partial charge in [-0.1, -0.05) is 41.4 Å². The maximum absolute atomic E-state index is 14.8. The monoisotopic (exact) mass is 611 g/mol. The Morgan fingerprint density at radius 3 is 2.44 bits per heavy atom. The van der Waals surface area contributed by atoms with Crippen molar-refractivity contribution < 1.29 is 31.5 Å². The predicted octanol–water partition coefficient (Wildman–Crippen LogP) is 6.68. The molecule has 5 nitrogen and oxygen atoms in total. The highest BCUT2D eigenvalue weighted by molar-refractivity contribution is 14.1. The SMILES string of the molecule is Cc1ccc(C(F)(F)CNC(=O)c2c(Oc3cccc(C(F)(F)F)c3)nnc(Cl)c2I)c(C)c1. The molecule has 0 unspecified atom stereocenters. The van der Waals surface area contributed by atoms with Crippen molar-refractivity contribution in [2.24, 2.45) is 0 Å². The fourth-order valence-electron chi connectivity index (χ4n) is 3.09. The first-order chi connectivity index (χ1) is 15.8. The van der Waals surface area contributed by atoms with Crippen LogP contribution < -0.4 is 10.1 Å². The van der Waals surface area contributed by atoms with Crippen molar-refractivity contribution in [3.05, 3.63) is 79.0 Å². The Labute approximate surface area is 209 Å². The summed E-state index contributed by atoms with van der Waals surface area (Å²) in [5.74, 6) is -5.17. The van der Waals surface area contributed by atoms with E-state index in [1.54, 1.807) is 35.6 Å². The molecule has 2 aromatic carbocycles. The highest BCUT2D eigenvalue weighted by Crippen LogP contribution is 2.35. The number of hydrogen-bond acceptors (Lipinski definition) is 4. The molecule has 12 heteroatoms. The molecule has 0 bridgehead atoms. The van der Waals surface area contributed by atoms with E-state index >= 15 is 0 Å². The summed E-state index contributed by atoms with van der Waals surface area (Å²) in [4.78, 5) is 12.8. The van der Waals surface area contributed by atoms with E-state index in [9.17, 15) is 26.7 Å². The molecule has 0 saturated heterocycles. The van der Waals surface area contributed by atoms with Crippen LogP contribution >= 0.6 is 34.2 Å². The molecule has 0 atom stereocenters. The van der Waals surface area contributed by atoms with Gasteiger partial charge in [-0.2, -0.15) is 22.0 Å². The van der Waals surface area contributed by atoms with Crippen LogP contribution in [0.3, 0.4) is 0 Å². The largest absolute Gasteiger partial charge is 0.437 e. The lowest BCUT2D eigenvalue weighted by Crippen LogP contribution is -2.36. The van der Waals surface area contributed by atoms with Gasteiger partial charge in [-0.05, 0) is 60.2 Å². The lowest BCUT2D eigenvalue weighted by Gasteiger charge is -2.20. The molecule has 1 amide bonds. The van der Waals surface area contributed by atoms with E-state index in [1.807, 2.05) is 0 Å². The van der Waals surface area contributed by atoms with Crippen LogP contribution in [-0.2, 0) is 12.1 Å². The fourth-order valence-corrected chi connectivity index (χ4v) is 3.81. The van der Waals surface area contributed by atoms with Gasteiger partial charge in [0.1, 0.15) is 11.3 Å². The van der Waals surface area contributed by atoms with Crippen LogP contribution in [0, 0.1) is 17.4 Å². The molecule has 0 fully saturated rings. The quantitative estimate of drug-likeness (QED) is 0.249. The number of carbonyl (C=O) groups excluding carboxylic acids is 1. The summed E-state index contributed by atoms with van der Waals surface area (Å²) in [7, 11) is 0. The van der Waals surface area contributed by atoms with Crippen molar-refractivity contribution in [3.63, 3.8) is 0 Å². The Kier molecular flexibility index (Phi) is 7.65. The van der Waals surface area contributed by atoms with Gasteiger partial charge in [0.2, 0.25) is 0 Å². The first-order valence-electron chi connectivity index (χ1n) is 9.60. The first kappa shape index (κ1) is 26.1. The van der Waals surface area contributed by atoms with Crippen molar-refractivity contribution in [1.29, 1.82) is 0 Å². The molecule has 0 radical (unpaired) electrons. The third-order valence-corrected chi connectivity index (χ3v) is 6.33. The van der Waals surface area contributed by atoms with E-state index in [0.717, 1.165) is 17.7 Å². The third-order valence-electron chi connectivity index (χ3n) is 4.69. The van der Waals surface area contributed by atoms with Crippen LogP contribution in [0.15, 0.2) is 42.5 Å². The number of halogens is 7. The molecular weight excluding hydrogens is 596 g/mol. The summed E-state index contributed by atoms with van der Waals surface area (Å²) >= 11 is 7.57. The van der Waals surface area contributed by atoms with Gasteiger partial charge < -0.3 is 10.1 Å². The van der Waals surface area contributed by atoms with Crippen LogP contribution in [0.1, 0.15) is 32.6 Å². The first-order valence-corrected chi connectivity index (χ1v) is 11.1. The van der Waals surface area contributed by atoms with E-state index in [0.29, 0.717) is 11.6 Å². The topological polar surface area (TPSA) is 64.1 Å². The minimum absolute atomic E-state index is 0.0311. The van der Waals surface area contributed by atoms with Gasteiger partial charge in [0.05, 0.1) is 15.7 Å². The molecular formula is C22H16ClF5IN3O2. The summed E-state index contributed by atoms with van der Waals surface area (Å²) in [5, 5.41) is 9.16. The number of carbonyl (C=O) groups is 1. The fraction of sp³-hybridized carbons (Fsp3) is 0.227. The number of benzene rings is 2. The van der Waals surface area contributed by atoms with Gasteiger partial charge in [-0.3, -0.25) is 4.79 Å². The van der Waals surface area contributed by atoms with Crippen molar-refractivity contribution >= 4 is 40.1 Å². The van der Waals surface area contributed by atoms with Crippen molar-refractivity contribution in [3.8, 4) is 11.6 Å². The number of nitrogens with zero attached hydrogens (tertiary/aromatic N) is 2. The molecule has 1 N–H and O–H groups in total. The standard InChI is InChI=1S/C22H16ClF5IN3O2/c1-11-6-7-15(12(2)8-11)21(24,25)10-30-19(33)16-17(29)18(23)31-32-20(16)34-14-5-3-4-13(9-14)22(26,27)28/h3-9H,10H2,1-2H3,(H,30,33). The molecule has 1 aromatic heterocycles. The second kappa shape index (κ2) is 9.98. The minimum atomic E-state index is -4.63. The smallest absolute Gasteiger partial charge is 0.416 e. The number of rotatable bonds is 6. The van der Waals surface area contributed by atoms with Gasteiger partial charge in [0.25, 0.3) is 17.7 Å². The number of nitrogens with one attached hydrogen (secondary N) is 1. The summed E-state index contributed by atoms with van der Waals surface area (Å²) in [6, 6.07) is 8.29. The van der Waals surface area contributed by atoms with Gasteiger partial charge >= 0.3 is 6.18 Å². The summed E-state index contributed by atoms with van der Waals surface area (Å²) in [5.41, 5.74) is -0.407. The molecule has 180 valence electrons. The predicted molar refractivity (Wildman–Crippen MR) is 123 cm³/mol. The molecule has 3 aromatic rings. The zero-order valence-corrected chi connectivity index (χ0v) is 20.5. The zero-order chi connectivity index (χ0) is 25.3. The maximum atomic E-state index is 14.8. The second-order valence-corrected chi connectivity index (χ2v) is 8.75. The lowest BCUT2D eigenvalue weighted by atomic mass is 10.00. The Balaban J connectivity index is 1.88. The average molecular weight is 612 g/mol.